The number of nitrogens with two attached hydrogens (primary N) is 1. The fraction of sp³-hybridized carbons (Fsp3) is 0. The van der Waals surface area contributed by atoms with Crippen molar-refractivity contribution in [2.75, 3.05) is 0 Å². The van der Waals surface area contributed by atoms with Gasteiger partial charge in [0.25, 0.3) is 0 Å². The molecule has 2 aromatic rings. The molecule has 0 spiro atoms. The molecule has 0 unspecified atom stereocenters. The third-order valence-corrected chi connectivity index (χ3v) is 1.77. The second kappa shape index (κ2) is 3.29. The van der Waals surface area contributed by atoms with Crippen LogP contribution in [0.5, 0.6) is 0 Å². The Balaban J connectivity index is 2.36. The molecule has 14 heavy (non-hydrogen) atoms. The summed E-state index contributed by atoms with van der Waals surface area (Å²) in [5, 5.41) is 10.9. The molecule has 0 fully saturated rings. The molecule has 0 bridgehead atoms. The minimum atomic E-state index is 0.00389. The smallest absolute Gasteiger partial charge is 0.132 e. The molecule has 0 atom stereocenters. The lowest BCUT2D eigenvalue weighted by Gasteiger charge is -1.98. The SMILES string of the molecule is N=C(N)c1ccc(-c2ccon2)nc1. The molecule has 0 saturated heterocycles. The van der Waals surface area contributed by atoms with Crippen LogP contribution < -0.4 is 5.73 Å². The van der Waals surface area contributed by atoms with E-state index in [0.29, 0.717) is 17.0 Å². The van der Waals surface area contributed by atoms with Crippen LogP contribution >= 0.6 is 0 Å². The van der Waals surface area contributed by atoms with Crippen molar-refractivity contribution in [3.63, 3.8) is 0 Å². The number of hydrogen-bond donors (Lipinski definition) is 2. The first-order valence-electron chi connectivity index (χ1n) is 3.98. The molecule has 3 N–H and O–H groups in total. The highest BCUT2D eigenvalue weighted by Crippen LogP contribution is 2.13. The number of amidine groups is 1. The number of nitrogens with zero attached hydrogens (tertiary/aromatic N) is 2. The van der Waals surface area contributed by atoms with Crippen LogP contribution in [-0.2, 0) is 0 Å². The van der Waals surface area contributed by atoms with Crippen molar-refractivity contribution in [3.8, 4) is 11.4 Å². The summed E-state index contributed by atoms with van der Waals surface area (Å²) >= 11 is 0. The lowest BCUT2D eigenvalue weighted by molar-refractivity contribution is 0.422. The van der Waals surface area contributed by atoms with Crippen LogP contribution in [0, 0.1) is 5.41 Å². The molecule has 70 valence electrons. The molecule has 2 heterocycles. The van der Waals surface area contributed by atoms with Crippen molar-refractivity contribution in [2.45, 2.75) is 0 Å². The van der Waals surface area contributed by atoms with Gasteiger partial charge in [-0.2, -0.15) is 0 Å². The van der Waals surface area contributed by atoms with Crippen LogP contribution in [-0.4, -0.2) is 16.0 Å². The minimum absolute atomic E-state index is 0.00389. The number of pyridine rings is 1. The normalized spacial score (nSPS) is 10.0. The Hall–Kier alpha value is -2.17. The van der Waals surface area contributed by atoms with Gasteiger partial charge in [-0.3, -0.25) is 10.4 Å². The molecule has 5 heteroatoms. The van der Waals surface area contributed by atoms with Gasteiger partial charge in [0.15, 0.2) is 0 Å². The second-order valence-corrected chi connectivity index (χ2v) is 2.73. The fourth-order valence-electron chi connectivity index (χ4n) is 1.05. The van der Waals surface area contributed by atoms with E-state index in [1.165, 1.54) is 12.5 Å². The van der Waals surface area contributed by atoms with Crippen molar-refractivity contribution in [3.05, 3.63) is 36.2 Å². The van der Waals surface area contributed by atoms with Gasteiger partial charge in [-0.1, -0.05) is 5.16 Å². The largest absolute Gasteiger partial charge is 0.384 e. The van der Waals surface area contributed by atoms with E-state index >= 15 is 0 Å². The van der Waals surface area contributed by atoms with Gasteiger partial charge in [0.05, 0.1) is 5.69 Å². The molecule has 0 aliphatic carbocycles. The molecule has 0 amide bonds. The van der Waals surface area contributed by atoms with Gasteiger partial charge in [-0.15, -0.1) is 0 Å². The number of aromatic nitrogens is 2. The Morgan fingerprint density at radius 2 is 2.14 bits per heavy atom. The zero-order valence-corrected chi connectivity index (χ0v) is 7.27. The first-order chi connectivity index (χ1) is 6.77. The van der Waals surface area contributed by atoms with Crippen LogP contribution in [0.15, 0.2) is 35.2 Å². The summed E-state index contributed by atoms with van der Waals surface area (Å²) < 4.78 is 4.69. The average molecular weight is 188 g/mol. The monoisotopic (exact) mass is 188 g/mol. The van der Waals surface area contributed by atoms with Crippen molar-refractivity contribution < 1.29 is 4.52 Å². The summed E-state index contributed by atoms with van der Waals surface area (Å²) in [6.07, 6.45) is 3.02. The molecule has 5 nitrogen and oxygen atoms in total. The predicted molar refractivity (Wildman–Crippen MR) is 50.8 cm³/mol. The predicted octanol–water partition coefficient (Wildman–Crippen LogP) is 1.02. The highest BCUT2D eigenvalue weighted by atomic mass is 16.5. The summed E-state index contributed by atoms with van der Waals surface area (Å²) in [5.74, 6) is 0.00389. The second-order valence-electron chi connectivity index (χ2n) is 2.73. The van der Waals surface area contributed by atoms with E-state index in [1.54, 1.807) is 18.2 Å². The van der Waals surface area contributed by atoms with Crippen LogP contribution in [0.1, 0.15) is 5.56 Å². The van der Waals surface area contributed by atoms with Gasteiger partial charge >= 0.3 is 0 Å². The van der Waals surface area contributed by atoms with E-state index in [-0.39, 0.29) is 5.84 Å². The highest BCUT2D eigenvalue weighted by molar-refractivity contribution is 5.94. The molecule has 0 aliphatic heterocycles. The zero-order chi connectivity index (χ0) is 9.97. The molecular weight excluding hydrogens is 180 g/mol. The van der Waals surface area contributed by atoms with Crippen LogP contribution in [0.25, 0.3) is 11.4 Å². The van der Waals surface area contributed by atoms with Gasteiger partial charge in [-0.25, -0.2) is 0 Å². The standard InChI is InChI=1S/C9H8N4O/c10-9(11)6-1-2-7(12-5-6)8-3-4-14-13-8/h1-5H,(H3,10,11). The lowest BCUT2D eigenvalue weighted by atomic mass is 10.2. The third-order valence-electron chi connectivity index (χ3n) is 1.77. The van der Waals surface area contributed by atoms with E-state index in [0.717, 1.165) is 0 Å². The maximum atomic E-state index is 7.18. The summed E-state index contributed by atoms with van der Waals surface area (Å²) in [5.41, 5.74) is 7.25. The van der Waals surface area contributed by atoms with Crippen LogP contribution in [0.3, 0.4) is 0 Å². The van der Waals surface area contributed by atoms with Gasteiger partial charge in [-0.05, 0) is 12.1 Å². The van der Waals surface area contributed by atoms with E-state index in [4.69, 9.17) is 11.1 Å². The van der Waals surface area contributed by atoms with Crippen molar-refractivity contribution in [1.29, 1.82) is 5.41 Å². The van der Waals surface area contributed by atoms with Gasteiger partial charge in [0.1, 0.15) is 17.8 Å². The molecular formula is C9H8N4O. The molecule has 0 aliphatic rings. The number of rotatable bonds is 2. The van der Waals surface area contributed by atoms with Crippen molar-refractivity contribution in [2.24, 2.45) is 5.73 Å². The lowest BCUT2D eigenvalue weighted by Crippen LogP contribution is -2.11. The molecule has 2 rings (SSSR count). The van der Waals surface area contributed by atoms with Gasteiger partial charge in [0, 0.05) is 17.8 Å². The summed E-state index contributed by atoms with van der Waals surface area (Å²) in [6.45, 7) is 0. The van der Waals surface area contributed by atoms with Crippen LogP contribution in [0.2, 0.25) is 0 Å². The number of nitrogen functional groups attached to an aromatic ring is 1. The summed E-state index contributed by atoms with van der Waals surface area (Å²) in [6, 6.07) is 5.18. The Morgan fingerprint density at radius 1 is 1.29 bits per heavy atom. The molecule has 0 aromatic carbocycles. The maximum Gasteiger partial charge on any atom is 0.132 e. The van der Waals surface area contributed by atoms with Crippen molar-refractivity contribution >= 4 is 5.84 Å². The Bertz CT molecular complexity index is 432. The zero-order valence-electron chi connectivity index (χ0n) is 7.27. The molecule has 2 aromatic heterocycles. The first kappa shape index (κ1) is 8.43. The first-order valence-corrected chi connectivity index (χ1v) is 3.98. The van der Waals surface area contributed by atoms with E-state index in [2.05, 4.69) is 14.7 Å². The van der Waals surface area contributed by atoms with Gasteiger partial charge < -0.3 is 10.3 Å². The van der Waals surface area contributed by atoms with E-state index < -0.39 is 0 Å². The van der Waals surface area contributed by atoms with Crippen LogP contribution in [0.4, 0.5) is 0 Å². The molecule has 0 radical (unpaired) electrons. The average Bonchev–Trinajstić information content (AvgIpc) is 2.71. The minimum Gasteiger partial charge on any atom is -0.384 e. The topological polar surface area (TPSA) is 88.8 Å². The van der Waals surface area contributed by atoms with E-state index in [1.807, 2.05) is 0 Å². The van der Waals surface area contributed by atoms with Crippen molar-refractivity contribution in [1.82, 2.24) is 10.1 Å². The highest BCUT2D eigenvalue weighted by Gasteiger charge is 2.03. The Kier molecular flexibility index (Phi) is 1.98. The van der Waals surface area contributed by atoms with E-state index in [9.17, 15) is 0 Å². The fourth-order valence-corrected chi connectivity index (χ4v) is 1.05. The molecule has 0 saturated carbocycles. The third kappa shape index (κ3) is 1.47. The Morgan fingerprint density at radius 3 is 2.64 bits per heavy atom. The number of nitrogens with one attached hydrogen (secondary N) is 1. The quantitative estimate of drug-likeness (QED) is 0.544. The number of hydrogen-bond acceptors (Lipinski definition) is 4. The summed E-state index contributed by atoms with van der Waals surface area (Å²) in [4.78, 5) is 4.10. The summed E-state index contributed by atoms with van der Waals surface area (Å²) in [7, 11) is 0. The maximum absolute atomic E-state index is 7.18. The van der Waals surface area contributed by atoms with Gasteiger partial charge in [0.2, 0.25) is 0 Å². The Labute approximate surface area is 80.1 Å².